The number of aromatic nitrogens is 1. The maximum atomic E-state index is 12.3. The molecule has 0 aromatic carbocycles. The minimum absolute atomic E-state index is 0.0693. The molecule has 0 spiro atoms. The van der Waals surface area contributed by atoms with Crippen LogP contribution < -0.4 is 4.90 Å². The molecule has 1 saturated heterocycles. The number of likely N-dealkylation sites (tertiary alicyclic amines) is 1. The highest BCUT2D eigenvalue weighted by Crippen LogP contribution is 2.18. The fraction of sp³-hybridized carbons (Fsp3) is 0.500. The van der Waals surface area contributed by atoms with E-state index in [1.807, 2.05) is 24.0 Å². The van der Waals surface area contributed by atoms with Gasteiger partial charge in [-0.25, -0.2) is 9.78 Å². The molecule has 92 valence electrons. The van der Waals surface area contributed by atoms with Crippen molar-refractivity contribution in [3.05, 3.63) is 22.8 Å². The first-order chi connectivity index (χ1) is 8.22. The SMILES string of the molecule is CCN(C(=O)N1CCCC1)c1ccc(Br)cn1. The maximum absolute atomic E-state index is 12.3. The summed E-state index contributed by atoms with van der Waals surface area (Å²) >= 11 is 3.34. The van der Waals surface area contributed by atoms with E-state index in [0.717, 1.165) is 30.4 Å². The van der Waals surface area contributed by atoms with Gasteiger partial charge in [0.05, 0.1) is 0 Å². The third kappa shape index (κ3) is 2.77. The predicted molar refractivity (Wildman–Crippen MR) is 71.2 cm³/mol. The lowest BCUT2D eigenvalue weighted by Gasteiger charge is -2.25. The molecule has 4 nitrogen and oxygen atoms in total. The van der Waals surface area contributed by atoms with Gasteiger partial charge in [0.15, 0.2) is 0 Å². The van der Waals surface area contributed by atoms with Crippen molar-refractivity contribution in [2.24, 2.45) is 0 Å². The molecule has 17 heavy (non-hydrogen) atoms. The van der Waals surface area contributed by atoms with Crippen LogP contribution in [0.15, 0.2) is 22.8 Å². The highest BCUT2D eigenvalue weighted by Gasteiger charge is 2.24. The zero-order valence-electron chi connectivity index (χ0n) is 9.90. The van der Waals surface area contributed by atoms with E-state index >= 15 is 0 Å². The minimum Gasteiger partial charge on any atom is -0.324 e. The number of urea groups is 1. The van der Waals surface area contributed by atoms with Crippen LogP contribution in [0, 0.1) is 0 Å². The smallest absolute Gasteiger partial charge is 0.324 e. The van der Waals surface area contributed by atoms with E-state index in [0.29, 0.717) is 12.4 Å². The average molecular weight is 298 g/mol. The van der Waals surface area contributed by atoms with Crippen molar-refractivity contribution < 1.29 is 4.79 Å². The van der Waals surface area contributed by atoms with E-state index < -0.39 is 0 Å². The summed E-state index contributed by atoms with van der Waals surface area (Å²) in [4.78, 5) is 20.2. The number of pyridine rings is 1. The molecular formula is C12H16BrN3O. The average Bonchev–Trinajstić information content (AvgIpc) is 2.86. The molecule has 1 fully saturated rings. The van der Waals surface area contributed by atoms with Crippen molar-refractivity contribution in [1.29, 1.82) is 0 Å². The number of nitrogens with zero attached hydrogens (tertiary/aromatic N) is 3. The standard InChI is InChI=1S/C12H16BrN3O/c1-2-16(11-6-5-10(13)9-14-11)12(17)15-7-3-4-8-15/h5-6,9H,2-4,7-8H2,1H3. The molecule has 5 heteroatoms. The Morgan fingerprint density at radius 3 is 2.71 bits per heavy atom. The Hall–Kier alpha value is -1.10. The van der Waals surface area contributed by atoms with Gasteiger partial charge in [-0.2, -0.15) is 0 Å². The lowest BCUT2D eigenvalue weighted by Crippen LogP contribution is -2.42. The quantitative estimate of drug-likeness (QED) is 0.841. The summed E-state index contributed by atoms with van der Waals surface area (Å²) < 4.78 is 0.922. The van der Waals surface area contributed by atoms with Gasteiger partial charge in [-0.15, -0.1) is 0 Å². The Morgan fingerprint density at radius 2 is 2.18 bits per heavy atom. The molecule has 2 heterocycles. The van der Waals surface area contributed by atoms with Gasteiger partial charge in [-0.1, -0.05) is 0 Å². The summed E-state index contributed by atoms with van der Waals surface area (Å²) in [5.74, 6) is 0.715. The molecule has 0 aliphatic carbocycles. The van der Waals surface area contributed by atoms with E-state index in [-0.39, 0.29) is 6.03 Å². The summed E-state index contributed by atoms with van der Waals surface area (Å²) in [6.07, 6.45) is 3.93. The Bertz CT molecular complexity index is 387. The van der Waals surface area contributed by atoms with Gasteiger partial charge < -0.3 is 4.90 Å². The third-order valence-corrected chi connectivity index (χ3v) is 3.38. The van der Waals surface area contributed by atoms with Crippen LogP contribution in [0.2, 0.25) is 0 Å². The van der Waals surface area contributed by atoms with Gasteiger partial charge in [0.1, 0.15) is 5.82 Å². The van der Waals surface area contributed by atoms with Crippen molar-refractivity contribution in [2.45, 2.75) is 19.8 Å². The Kier molecular flexibility index (Phi) is 3.99. The van der Waals surface area contributed by atoms with E-state index in [4.69, 9.17) is 0 Å². The molecular weight excluding hydrogens is 282 g/mol. The van der Waals surface area contributed by atoms with Crippen molar-refractivity contribution >= 4 is 27.8 Å². The highest BCUT2D eigenvalue weighted by molar-refractivity contribution is 9.10. The molecule has 0 unspecified atom stereocenters. The lowest BCUT2D eigenvalue weighted by molar-refractivity contribution is 0.215. The second-order valence-electron chi connectivity index (χ2n) is 4.06. The van der Waals surface area contributed by atoms with E-state index in [2.05, 4.69) is 20.9 Å². The van der Waals surface area contributed by atoms with E-state index in [1.165, 1.54) is 0 Å². The number of hydrogen-bond donors (Lipinski definition) is 0. The zero-order chi connectivity index (χ0) is 12.3. The molecule has 0 atom stereocenters. The molecule has 0 N–H and O–H groups in total. The summed E-state index contributed by atoms with van der Waals surface area (Å²) in [6.45, 7) is 4.35. The number of anilines is 1. The van der Waals surface area contributed by atoms with Crippen LogP contribution in [0.25, 0.3) is 0 Å². The molecule has 0 radical (unpaired) electrons. The number of rotatable bonds is 2. The molecule has 1 aromatic rings. The monoisotopic (exact) mass is 297 g/mol. The molecule has 2 rings (SSSR count). The maximum Gasteiger partial charge on any atom is 0.325 e. The van der Waals surface area contributed by atoms with Crippen LogP contribution in [0.3, 0.4) is 0 Å². The summed E-state index contributed by atoms with van der Waals surface area (Å²) in [6, 6.07) is 3.84. The van der Waals surface area contributed by atoms with Gasteiger partial charge >= 0.3 is 6.03 Å². The lowest BCUT2D eigenvalue weighted by atomic mass is 10.4. The van der Waals surface area contributed by atoms with Gasteiger partial charge in [-0.3, -0.25) is 4.90 Å². The molecule has 0 bridgehead atoms. The van der Waals surface area contributed by atoms with Gasteiger partial charge in [-0.05, 0) is 47.8 Å². The Morgan fingerprint density at radius 1 is 1.47 bits per heavy atom. The highest BCUT2D eigenvalue weighted by atomic mass is 79.9. The fourth-order valence-electron chi connectivity index (χ4n) is 2.00. The van der Waals surface area contributed by atoms with Crippen LogP contribution in [0.1, 0.15) is 19.8 Å². The molecule has 1 aromatic heterocycles. The van der Waals surface area contributed by atoms with Crippen molar-refractivity contribution in [3.8, 4) is 0 Å². The van der Waals surface area contributed by atoms with Crippen molar-refractivity contribution in [2.75, 3.05) is 24.5 Å². The van der Waals surface area contributed by atoms with Gasteiger partial charge in [0.25, 0.3) is 0 Å². The summed E-state index contributed by atoms with van der Waals surface area (Å²) in [5.41, 5.74) is 0. The predicted octanol–water partition coefficient (Wildman–Crippen LogP) is 2.89. The molecule has 1 aliphatic rings. The van der Waals surface area contributed by atoms with Crippen LogP contribution >= 0.6 is 15.9 Å². The summed E-state index contributed by atoms with van der Waals surface area (Å²) in [5, 5.41) is 0. The molecule has 2 amide bonds. The first kappa shape index (κ1) is 12.4. The summed E-state index contributed by atoms with van der Waals surface area (Å²) in [7, 11) is 0. The second kappa shape index (κ2) is 5.49. The van der Waals surface area contributed by atoms with Crippen LogP contribution in [-0.4, -0.2) is 35.5 Å². The first-order valence-electron chi connectivity index (χ1n) is 5.90. The largest absolute Gasteiger partial charge is 0.325 e. The normalized spacial score (nSPS) is 15.1. The zero-order valence-corrected chi connectivity index (χ0v) is 11.5. The number of halogens is 1. The second-order valence-corrected chi connectivity index (χ2v) is 4.97. The topological polar surface area (TPSA) is 36.4 Å². The number of carbonyl (C=O) groups is 1. The van der Waals surface area contributed by atoms with E-state index in [1.54, 1.807) is 11.1 Å². The van der Waals surface area contributed by atoms with Crippen molar-refractivity contribution in [3.63, 3.8) is 0 Å². The molecule has 1 aliphatic heterocycles. The van der Waals surface area contributed by atoms with E-state index in [9.17, 15) is 4.79 Å². The fourth-order valence-corrected chi connectivity index (χ4v) is 2.24. The van der Waals surface area contributed by atoms with Crippen molar-refractivity contribution in [1.82, 2.24) is 9.88 Å². The number of amides is 2. The van der Waals surface area contributed by atoms with Gasteiger partial charge in [0.2, 0.25) is 0 Å². The minimum atomic E-state index is 0.0693. The number of carbonyl (C=O) groups excluding carboxylic acids is 1. The Labute approximate surface area is 110 Å². The first-order valence-corrected chi connectivity index (χ1v) is 6.69. The Balaban J connectivity index is 2.14. The number of hydrogen-bond acceptors (Lipinski definition) is 2. The van der Waals surface area contributed by atoms with Crippen LogP contribution in [0.5, 0.6) is 0 Å². The van der Waals surface area contributed by atoms with Gasteiger partial charge in [0, 0.05) is 30.3 Å². The van der Waals surface area contributed by atoms with Crippen LogP contribution in [0.4, 0.5) is 10.6 Å². The molecule has 0 saturated carbocycles. The van der Waals surface area contributed by atoms with Crippen LogP contribution in [-0.2, 0) is 0 Å². The third-order valence-electron chi connectivity index (χ3n) is 2.91.